The summed E-state index contributed by atoms with van der Waals surface area (Å²) in [5.74, 6) is -0.0414. The van der Waals surface area contributed by atoms with Crippen molar-refractivity contribution in [3.05, 3.63) is 0 Å². The molecule has 1 aliphatic rings. The van der Waals surface area contributed by atoms with Gasteiger partial charge in [-0.15, -0.1) is 0 Å². The molecule has 1 fully saturated rings. The standard InChI is InChI=1S/C11H22BNO4/c1-9(14)8-10(15)11(17-3)4-6-13(7-5-11)12(2)16/h9,14,16H,4-8H2,1-3H3. The van der Waals surface area contributed by atoms with Crippen LogP contribution >= 0.6 is 0 Å². The number of hydrogen-bond donors (Lipinski definition) is 2. The van der Waals surface area contributed by atoms with Gasteiger partial charge in [-0.3, -0.25) is 4.79 Å². The first kappa shape index (κ1) is 14.6. The molecule has 1 rings (SSSR count). The number of Topliss-reactive ketones (excluding diaryl/α,β-unsaturated/α-hetero) is 1. The summed E-state index contributed by atoms with van der Waals surface area (Å²) in [5, 5.41) is 18.7. The first-order valence-electron chi connectivity index (χ1n) is 6.10. The smallest absolute Gasteiger partial charge is 0.376 e. The number of methoxy groups -OCH3 is 1. The van der Waals surface area contributed by atoms with Crippen molar-refractivity contribution >= 4 is 12.8 Å². The third kappa shape index (κ3) is 3.52. The highest BCUT2D eigenvalue weighted by molar-refractivity contribution is 6.45. The minimum atomic E-state index is -0.775. The van der Waals surface area contributed by atoms with Gasteiger partial charge in [0.2, 0.25) is 0 Å². The van der Waals surface area contributed by atoms with Crippen molar-refractivity contribution in [2.24, 2.45) is 0 Å². The fourth-order valence-electron chi connectivity index (χ4n) is 2.31. The number of ether oxygens (including phenoxy) is 1. The first-order chi connectivity index (χ1) is 7.91. The van der Waals surface area contributed by atoms with E-state index in [0.717, 1.165) is 0 Å². The number of rotatable bonds is 5. The van der Waals surface area contributed by atoms with E-state index in [4.69, 9.17) is 4.74 Å². The molecule has 1 heterocycles. The molecule has 5 nitrogen and oxygen atoms in total. The Morgan fingerprint density at radius 3 is 2.41 bits per heavy atom. The summed E-state index contributed by atoms with van der Waals surface area (Å²) in [6.07, 6.45) is 0.631. The number of piperidine rings is 1. The van der Waals surface area contributed by atoms with Crippen LogP contribution in [0.4, 0.5) is 0 Å². The van der Waals surface area contributed by atoms with Crippen molar-refractivity contribution in [1.29, 1.82) is 0 Å². The lowest BCUT2D eigenvalue weighted by Gasteiger charge is -2.40. The average Bonchev–Trinajstić information content (AvgIpc) is 2.28. The SMILES string of the molecule is COC1(C(=O)CC(C)O)CCN(B(C)O)CC1. The minimum Gasteiger partial charge on any atom is -0.437 e. The van der Waals surface area contributed by atoms with Gasteiger partial charge < -0.3 is 19.7 Å². The molecule has 0 spiro atoms. The molecule has 1 saturated heterocycles. The van der Waals surface area contributed by atoms with Gasteiger partial charge in [-0.05, 0) is 39.7 Å². The van der Waals surface area contributed by atoms with Crippen LogP contribution in [-0.2, 0) is 9.53 Å². The van der Waals surface area contributed by atoms with E-state index in [9.17, 15) is 14.9 Å². The molecule has 0 saturated carbocycles. The summed E-state index contributed by atoms with van der Waals surface area (Å²) in [6, 6.07) is 0. The van der Waals surface area contributed by atoms with Crippen LogP contribution in [-0.4, -0.2) is 59.7 Å². The van der Waals surface area contributed by atoms with Crippen LogP contribution in [0.25, 0.3) is 0 Å². The van der Waals surface area contributed by atoms with E-state index < -0.39 is 18.8 Å². The molecule has 17 heavy (non-hydrogen) atoms. The van der Waals surface area contributed by atoms with E-state index in [0.29, 0.717) is 25.9 Å². The van der Waals surface area contributed by atoms with Crippen molar-refractivity contribution < 1.29 is 19.7 Å². The maximum absolute atomic E-state index is 12.1. The summed E-state index contributed by atoms with van der Waals surface area (Å²) in [6.45, 7) is 4.59. The first-order valence-corrected chi connectivity index (χ1v) is 6.10. The number of nitrogens with zero attached hydrogens (tertiary/aromatic N) is 1. The van der Waals surface area contributed by atoms with Crippen LogP contribution in [0.15, 0.2) is 0 Å². The zero-order valence-corrected chi connectivity index (χ0v) is 10.8. The number of carbonyl (C=O) groups is 1. The van der Waals surface area contributed by atoms with Crippen LogP contribution in [0.2, 0.25) is 6.82 Å². The van der Waals surface area contributed by atoms with E-state index in [-0.39, 0.29) is 12.2 Å². The van der Waals surface area contributed by atoms with Gasteiger partial charge in [0.25, 0.3) is 0 Å². The summed E-state index contributed by atoms with van der Waals surface area (Å²) >= 11 is 0. The van der Waals surface area contributed by atoms with Gasteiger partial charge in [-0.25, -0.2) is 0 Å². The quantitative estimate of drug-likeness (QED) is 0.661. The normalized spacial score (nSPS) is 22.2. The van der Waals surface area contributed by atoms with E-state index in [1.807, 2.05) is 4.81 Å². The molecule has 0 aromatic rings. The van der Waals surface area contributed by atoms with Gasteiger partial charge in [-0.2, -0.15) is 0 Å². The van der Waals surface area contributed by atoms with E-state index in [1.165, 1.54) is 7.11 Å². The molecule has 98 valence electrons. The van der Waals surface area contributed by atoms with Crippen LogP contribution < -0.4 is 0 Å². The summed E-state index contributed by atoms with van der Waals surface area (Å²) in [5.41, 5.74) is -0.775. The van der Waals surface area contributed by atoms with Crippen molar-refractivity contribution in [1.82, 2.24) is 4.81 Å². The second kappa shape index (κ2) is 5.95. The molecular weight excluding hydrogens is 221 g/mol. The molecule has 1 atom stereocenters. The Balaban J connectivity index is 2.63. The maximum atomic E-state index is 12.1. The van der Waals surface area contributed by atoms with Crippen molar-refractivity contribution in [2.75, 3.05) is 20.2 Å². The molecular formula is C11H22BNO4. The second-order valence-corrected chi connectivity index (χ2v) is 4.84. The van der Waals surface area contributed by atoms with Gasteiger partial charge in [0, 0.05) is 13.5 Å². The topological polar surface area (TPSA) is 70.0 Å². The summed E-state index contributed by atoms with van der Waals surface area (Å²) in [7, 11) is 1.05. The zero-order chi connectivity index (χ0) is 13.1. The largest absolute Gasteiger partial charge is 0.437 e. The molecule has 0 aromatic heterocycles. The Morgan fingerprint density at radius 2 is 2.06 bits per heavy atom. The Morgan fingerprint density at radius 1 is 1.53 bits per heavy atom. The van der Waals surface area contributed by atoms with Crippen LogP contribution in [0, 0.1) is 0 Å². The molecule has 6 heteroatoms. The molecule has 1 aliphatic heterocycles. The van der Waals surface area contributed by atoms with Crippen LogP contribution in [0.1, 0.15) is 26.2 Å². The van der Waals surface area contributed by atoms with E-state index in [2.05, 4.69) is 0 Å². The number of ketones is 1. The lowest BCUT2D eigenvalue weighted by Crippen LogP contribution is -2.54. The fourth-order valence-corrected chi connectivity index (χ4v) is 2.31. The summed E-state index contributed by atoms with van der Waals surface area (Å²) < 4.78 is 5.40. The van der Waals surface area contributed by atoms with E-state index >= 15 is 0 Å². The van der Waals surface area contributed by atoms with Gasteiger partial charge in [0.1, 0.15) is 5.60 Å². The van der Waals surface area contributed by atoms with Gasteiger partial charge in [0.05, 0.1) is 6.10 Å². The van der Waals surface area contributed by atoms with Gasteiger partial charge in [0.15, 0.2) is 5.78 Å². The van der Waals surface area contributed by atoms with Crippen molar-refractivity contribution in [2.45, 2.75) is 44.7 Å². The van der Waals surface area contributed by atoms with Crippen molar-refractivity contribution in [3.63, 3.8) is 0 Å². The maximum Gasteiger partial charge on any atom is 0.376 e. The molecule has 0 radical (unpaired) electrons. The van der Waals surface area contributed by atoms with Gasteiger partial charge >= 0.3 is 7.05 Å². The lowest BCUT2D eigenvalue weighted by molar-refractivity contribution is -0.147. The Kier molecular flexibility index (Phi) is 5.12. The second-order valence-electron chi connectivity index (χ2n) is 4.84. The van der Waals surface area contributed by atoms with Crippen molar-refractivity contribution in [3.8, 4) is 0 Å². The fraction of sp³-hybridized carbons (Fsp3) is 0.909. The molecule has 0 bridgehead atoms. The van der Waals surface area contributed by atoms with Crippen LogP contribution in [0.5, 0.6) is 0 Å². The monoisotopic (exact) mass is 243 g/mol. The predicted molar refractivity (Wildman–Crippen MR) is 65.7 cm³/mol. The number of aliphatic hydroxyl groups is 1. The molecule has 0 aliphatic carbocycles. The predicted octanol–water partition coefficient (Wildman–Crippen LogP) is -0.0823. The third-order valence-electron chi connectivity index (χ3n) is 3.51. The molecule has 1 unspecified atom stereocenters. The highest BCUT2D eigenvalue weighted by atomic mass is 16.5. The number of aliphatic hydroxyl groups excluding tert-OH is 1. The average molecular weight is 243 g/mol. The molecule has 0 aromatic carbocycles. The zero-order valence-electron chi connectivity index (χ0n) is 10.8. The number of carbonyl (C=O) groups excluding carboxylic acids is 1. The van der Waals surface area contributed by atoms with E-state index in [1.54, 1.807) is 13.7 Å². The highest BCUT2D eigenvalue weighted by Gasteiger charge is 2.42. The Bertz CT molecular complexity index is 262. The molecule has 0 amide bonds. The Hall–Kier alpha value is -0.425. The van der Waals surface area contributed by atoms with Gasteiger partial charge in [-0.1, -0.05) is 0 Å². The summed E-state index contributed by atoms with van der Waals surface area (Å²) in [4.78, 5) is 14.0. The third-order valence-corrected chi connectivity index (χ3v) is 3.51. The molecule has 2 N–H and O–H groups in total. The number of hydrogen-bond acceptors (Lipinski definition) is 5. The Labute approximate surface area is 103 Å². The lowest BCUT2D eigenvalue weighted by atomic mass is 9.77. The highest BCUT2D eigenvalue weighted by Crippen LogP contribution is 2.28. The minimum absolute atomic E-state index is 0.0414. The van der Waals surface area contributed by atoms with Crippen LogP contribution in [0.3, 0.4) is 0 Å².